The molecule has 0 spiro atoms. The summed E-state index contributed by atoms with van der Waals surface area (Å²) in [5.74, 6) is 1.22. The fourth-order valence-electron chi connectivity index (χ4n) is 4.43. The molecule has 3 aromatic rings. The second-order valence-electron chi connectivity index (χ2n) is 8.14. The van der Waals surface area contributed by atoms with Crippen LogP contribution in [0.3, 0.4) is 0 Å². The fraction of sp³-hybridized carbons (Fsp3) is 0.600. The summed E-state index contributed by atoms with van der Waals surface area (Å²) in [7, 11) is 1.87. The number of rotatable bonds is 6. The Bertz CT molecular complexity index is 1020. The van der Waals surface area contributed by atoms with Crippen LogP contribution in [-0.2, 0) is 18.4 Å². The molecule has 5 rings (SSSR count). The molecule has 0 aromatic carbocycles. The molecule has 3 aromatic heterocycles. The highest BCUT2D eigenvalue weighted by molar-refractivity contribution is 7.18. The summed E-state index contributed by atoms with van der Waals surface area (Å²) in [6.45, 7) is 3.68. The van der Waals surface area contributed by atoms with Crippen LogP contribution in [0.25, 0.3) is 10.3 Å². The molecule has 2 aliphatic rings. The molecule has 1 aliphatic carbocycles. The van der Waals surface area contributed by atoms with E-state index in [1.54, 1.807) is 10.9 Å². The fourth-order valence-corrected chi connectivity index (χ4v) is 5.22. The van der Waals surface area contributed by atoms with Crippen molar-refractivity contribution in [1.29, 1.82) is 0 Å². The third-order valence-electron chi connectivity index (χ3n) is 6.00. The number of anilines is 3. The van der Waals surface area contributed by atoms with Gasteiger partial charge in [0.15, 0.2) is 10.6 Å². The average molecular weight is 445 g/mol. The summed E-state index contributed by atoms with van der Waals surface area (Å²) in [4.78, 5) is 17.2. The van der Waals surface area contributed by atoms with E-state index in [9.17, 15) is 5.11 Å². The lowest BCUT2D eigenvalue weighted by molar-refractivity contribution is 0.00791. The number of aryl methyl sites for hydroxylation is 1. The van der Waals surface area contributed by atoms with Gasteiger partial charge in [-0.05, 0) is 25.7 Å². The first kappa shape index (κ1) is 20.6. The molecule has 31 heavy (non-hydrogen) atoms. The van der Waals surface area contributed by atoms with Crippen LogP contribution in [-0.4, -0.2) is 73.1 Å². The Labute approximate surface area is 184 Å². The van der Waals surface area contributed by atoms with Crippen molar-refractivity contribution in [2.24, 2.45) is 7.05 Å². The molecule has 10 nitrogen and oxygen atoms in total. The zero-order chi connectivity index (χ0) is 21.2. The van der Waals surface area contributed by atoms with E-state index in [0.717, 1.165) is 61.0 Å². The molecule has 1 saturated heterocycles. The molecule has 11 heteroatoms. The van der Waals surface area contributed by atoms with E-state index in [1.807, 2.05) is 13.2 Å². The van der Waals surface area contributed by atoms with Crippen molar-refractivity contribution in [2.45, 2.75) is 44.4 Å². The molecule has 0 atom stereocenters. The number of hydrogen-bond acceptors (Lipinski definition) is 10. The van der Waals surface area contributed by atoms with Crippen LogP contribution in [0.4, 0.5) is 17.5 Å². The summed E-state index contributed by atoms with van der Waals surface area (Å²) in [6.07, 6.45) is 8.14. The van der Waals surface area contributed by atoms with E-state index in [1.165, 1.54) is 24.2 Å². The van der Waals surface area contributed by atoms with Gasteiger partial charge in [0.05, 0.1) is 31.7 Å². The van der Waals surface area contributed by atoms with Crippen LogP contribution in [0, 0.1) is 0 Å². The molecule has 0 radical (unpaired) electrons. The van der Waals surface area contributed by atoms with Crippen molar-refractivity contribution in [3.05, 3.63) is 17.4 Å². The van der Waals surface area contributed by atoms with Gasteiger partial charge in [-0.15, -0.1) is 0 Å². The standard InChI is InChI=1S/C20H28N8O2S/c1-27-11-14(10-21-27)23-20-25-18(17-19(26-20)31-16(12-29)24-17)22-13-2-4-15(5-3-13)28-6-8-30-9-7-28/h10-11,13,15,29H,2-9,12H2,1H3,(H2,22,23,25,26)/t13-,15-. The summed E-state index contributed by atoms with van der Waals surface area (Å²) >= 11 is 1.39. The van der Waals surface area contributed by atoms with Gasteiger partial charge < -0.3 is 20.5 Å². The van der Waals surface area contributed by atoms with Crippen molar-refractivity contribution in [1.82, 2.24) is 29.6 Å². The van der Waals surface area contributed by atoms with Gasteiger partial charge in [-0.2, -0.15) is 15.1 Å². The van der Waals surface area contributed by atoms with Crippen molar-refractivity contribution in [3.63, 3.8) is 0 Å². The van der Waals surface area contributed by atoms with Gasteiger partial charge in [0, 0.05) is 38.4 Å². The van der Waals surface area contributed by atoms with Crippen LogP contribution in [0.2, 0.25) is 0 Å². The number of fused-ring (bicyclic) bond motifs is 1. The second kappa shape index (κ2) is 9.03. The smallest absolute Gasteiger partial charge is 0.230 e. The van der Waals surface area contributed by atoms with Gasteiger partial charge >= 0.3 is 0 Å². The maximum absolute atomic E-state index is 9.55. The molecule has 3 N–H and O–H groups in total. The Morgan fingerprint density at radius 1 is 1.16 bits per heavy atom. The average Bonchev–Trinajstić information content (AvgIpc) is 3.40. The Morgan fingerprint density at radius 2 is 1.97 bits per heavy atom. The quantitative estimate of drug-likeness (QED) is 0.526. The van der Waals surface area contributed by atoms with Gasteiger partial charge in [0.1, 0.15) is 10.5 Å². The SMILES string of the molecule is Cn1cc(Nc2nc(N[C@H]3CC[C@H](N4CCOCC4)CC3)c3nc(CO)sc3n2)cn1. The normalized spacial score (nSPS) is 22.6. The maximum Gasteiger partial charge on any atom is 0.230 e. The van der Waals surface area contributed by atoms with Crippen molar-refractivity contribution in [2.75, 3.05) is 36.9 Å². The maximum atomic E-state index is 9.55. The van der Waals surface area contributed by atoms with Crippen molar-refractivity contribution in [3.8, 4) is 0 Å². The summed E-state index contributed by atoms with van der Waals surface area (Å²) < 4.78 is 7.22. The number of nitrogens with zero attached hydrogens (tertiary/aromatic N) is 6. The van der Waals surface area contributed by atoms with Crippen LogP contribution in [0.1, 0.15) is 30.7 Å². The first-order chi connectivity index (χ1) is 15.2. The van der Waals surface area contributed by atoms with Gasteiger partial charge in [-0.25, -0.2) is 4.98 Å². The Balaban J connectivity index is 1.32. The molecule has 1 saturated carbocycles. The van der Waals surface area contributed by atoms with Crippen LogP contribution < -0.4 is 10.6 Å². The molecule has 0 bridgehead atoms. The molecule has 166 valence electrons. The summed E-state index contributed by atoms with van der Waals surface area (Å²) in [5.41, 5.74) is 1.55. The highest BCUT2D eigenvalue weighted by Gasteiger charge is 2.27. The Kier molecular flexibility index (Phi) is 5.99. The van der Waals surface area contributed by atoms with Gasteiger partial charge in [-0.3, -0.25) is 9.58 Å². The zero-order valence-corrected chi connectivity index (χ0v) is 18.4. The molecular weight excluding hydrogens is 416 g/mol. The number of aliphatic hydroxyl groups excluding tert-OH is 1. The molecule has 0 amide bonds. The third-order valence-corrected chi connectivity index (χ3v) is 6.93. The molecule has 4 heterocycles. The van der Waals surface area contributed by atoms with E-state index < -0.39 is 0 Å². The molecular formula is C20H28N8O2S. The van der Waals surface area contributed by atoms with E-state index in [-0.39, 0.29) is 6.61 Å². The first-order valence-electron chi connectivity index (χ1n) is 10.8. The van der Waals surface area contributed by atoms with Crippen LogP contribution >= 0.6 is 11.3 Å². The molecule has 1 aliphatic heterocycles. The minimum atomic E-state index is -0.101. The zero-order valence-electron chi connectivity index (χ0n) is 17.6. The monoisotopic (exact) mass is 444 g/mol. The number of aliphatic hydroxyl groups is 1. The Hall–Kier alpha value is -2.34. The number of thiazole rings is 1. The van der Waals surface area contributed by atoms with Gasteiger partial charge in [-0.1, -0.05) is 11.3 Å². The number of hydrogen-bond donors (Lipinski definition) is 3. The third kappa shape index (κ3) is 4.64. The Morgan fingerprint density at radius 3 is 2.68 bits per heavy atom. The number of morpholine rings is 1. The van der Waals surface area contributed by atoms with E-state index >= 15 is 0 Å². The number of nitrogens with one attached hydrogen (secondary N) is 2. The van der Waals surface area contributed by atoms with Gasteiger partial charge in [0.2, 0.25) is 5.95 Å². The van der Waals surface area contributed by atoms with Gasteiger partial charge in [0.25, 0.3) is 0 Å². The topological polar surface area (TPSA) is 113 Å². The van der Waals surface area contributed by atoms with E-state index in [4.69, 9.17) is 9.72 Å². The minimum Gasteiger partial charge on any atom is -0.389 e. The molecule has 0 unspecified atom stereocenters. The highest BCUT2D eigenvalue weighted by atomic mass is 32.1. The lowest BCUT2D eigenvalue weighted by Gasteiger charge is -2.39. The number of aromatic nitrogens is 5. The predicted octanol–water partition coefficient (Wildman–Crippen LogP) is 2.11. The first-order valence-corrected chi connectivity index (χ1v) is 11.6. The number of ether oxygens (including phenoxy) is 1. The van der Waals surface area contributed by atoms with E-state index in [2.05, 4.69) is 30.6 Å². The molecule has 2 fully saturated rings. The van der Waals surface area contributed by atoms with Crippen LogP contribution in [0.5, 0.6) is 0 Å². The largest absolute Gasteiger partial charge is 0.389 e. The summed E-state index contributed by atoms with van der Waals surface area (Å²) in [5, 5.41) is 21.2. The highest BCUT2D eigenvalue weighted by Crippen LogP contribution is 2.31. The second-order valence-corrected chi connectivity index (χ2v) is 9.20. The summed E-state index contributed by atoms with van der Waals surface area (Å²) in [6, 6.07) is 0.997. The van der Waals surface area contributed by atoms with Crippen molar-refractivity contribution >= 4 is 39.1 Å². The predicted molar refractivity (Wildman–Crippen MR) is 120 cm³/mol. The van der Waals surface area contributed by atoms with Crippen LogP contribution in [0.15, 0.2) is 12.4 Å². The minimum absolute atomic E-state index is 0.101. The lowest BCUT2D eigenvalue weighted by Crippen LogP contribution is -2.46. The van der Waals surface area contributed by atoms with E-state index in [0.29, 0.717) is 23.0 Å². The lowest BCUT2D eigenvalue weighted by atomic mass is 9.90. The van der Waals surface area contributed by atoms with Crippen molar-refractivity contribution < 1.29 is 9.84 Å².